The Bertz CT molecular complexity index is 686. The molecule has 0 saturated carbocycles. The van der Waals surface area contributed by atoms with Gasteiger partial charge in [-0.25, -0.2) is 8.42 Å². The highest BCUT2D eigenvalue weighted by atomic mass is 32.2. The number of guanidine groups is 1. The molecule has 160 valence electrons. The van der Waals surface area contributed by atoms with Gasteiger partial charge in [-0.2, -0.15) is 4.31 Å². The van der Waals surface area contributed by atoms with Gasteiger partial charge in [-0.05, 0) is 30.7 Å². The van der Waals surface area contributed by atoms with Crippen LogP contribution < -0.4 is 5.32 Å². The van der Waals surface area contributed by atoms with Crippen molar-refractivity contribution in [3.8, 4) is 0 Å². The third-order valence-corrected chi connectivity index (χ3v) is 7.90. The maximum atomic E-state index is 12.4. The fourth-order valence-electron chi connectivity index (χ4n) is 3.03. The van der Waals surface area contributed by atoms with Crippen LogP contribution in [0.1, 0.15) is 19.3 Å². The number of likely N-dealkylation sites (N-methyl/N-ethyl adjacent to an activating group) is 1. The molecule has 0 bridgehead atoms. The first-order valence-corrected chi connectivity index (χ1v) is 11.9. The van der Waals surface area contributed by atoms with E-state index < -0.39 is 10.0 Å². The third kappa shape index (κ3) is 6.70. The van der Waals surface area contributed by atoms with Crippen molar-refractivity contribution in [1.82, 2.24) is 14.5 Å². The van der Waals surface area contributed by atoms with Crippen LogP contribution in [0.25, 0.3) is 0 Å². The Morgan fingerprint density at radius 1 is 1.39 bits per heavy atom. The summed E-state index contributed by atoms with van der Waals surface area (Å²) in [6.07, 6.45) is 3.12. The highest BCUT2D eigenvalue weighted by Crippen LogP contribution is 2.19. The molecule has 1 aliphatic rings. The molecule has 28 heavy (non-hydrogen) atoms. The predicted octanol–water partition coefficient (Wildman–Crippen LogP) is 1.46. The van der Waals surface area contributed by atoms with Crippen molar-refractivity contribution in [3.05, 3.63) is 17.5 Å². The number of hydrogen-bond donors (Lipinski definition) is 1. The van der Waals surface area contributed by atoms with E-state index >= 15 is 0 Å². The molecule has 0 spiro atoms. The van der Waals surface area contributed by atoms with E-state index in [9.17, 15) is 8.42 Å². The second-order valence-electron chi connectivity index (χ2n) is 6.64. The molecule has 2 rings (SSSR count). The number of aliphatic imine (C=N–C) groups is 1. The quantitative estimate of drug-likeness (QED) is 0.342. The monoisotopic (exact) mass is 432 g/mol. The molecule has 1 saturated heterocycles. The van der Waals surface area contributed by atoms with Crippen LogP contribution in [0.15, 0.2) is 26.7 Å². The number of piperidine rings is 1. The standard InChI is InChI=1S/C18H32N4O4S2/c1-19-18(22-10-7-16(8-11-22)26-14-5-13-25-3)20-9-12-21(2)28(23,24)17-6-4-15-27-17/h4,6,15-16H,5,7-14H2,1-3H3,(H,19,20). The van der Waals surface area contributed by atoms with Crippen molar-refractivity contribution < 1.29 is 17.9 Å². The molecular weight excluding hydrogens is 400 g/mol. The van der Waals surface area contributed by atoms with E-state index in [1.165, 1.54) is 15.6 Å². The van der Waals surface area contributed by atoms with Crippen LogP contribution in [0.2, 0.25) is 0 Å². The number of nitrogens with zero attached hydrogens (tertiary/aromatic N) is 3. The molecule has 2 heterocycles. The van der Waals surface area contributed by atoms with Crippen molar-refractivity contribution in [2.24, 2.45) is 4.99 Å². The summed E-state index contributed by atoms with van der Waals surface area (Å²) < 4.78 is 37.6. The Hall–Kier alpha value is -1.20. The minimum atomic E-state index is -3.41. The molecule has 1 aliphatic heterocycles. The second kappa shape index (κ2) is 11.7. The molecule has 10 heteroatoms. The van der Waals surface area contributed by atoms with Crippen molar-refractivity contribution in [3.63, 3.8) is 0 Å². The lowest BCUT2D eigenvalue weighted by Gasteiger charge is -2.34. The van der Waals surface area contributed by atoms with E-state index in [0.717, 1.165) is 51.5 Å². The van der Waals surface area contributed by atoms with E-state index in [2.05, 4.69) is 15.2 Å². The zero-order valence-corrected chi connectivity index (χ0v) is 18.6. The molecule has 1 N–H and O–H groups in total. The zero-order chi connectivity index (χ0) is 20.4. The van der Waals surface area contributed by atoms with Gasteiger partial charge < -0.3 is 19.7 Å². The van der Waals surface area contributed by atoms with E-state index in [1.807, 2.05) is 0 Å². The molecule has 0 radical (unpaired) electrons. The van der Waals surface area contributed by atoms with Crippen molar-refractivity contribution in [1.29, 1.82) is 0 Å². The van der Waals surface area contributed by atoms with Crippen LogP contribution in [-0.4, -0.2) is 90.3 Å². The minimum absolute atomic E-state index is 0.285. The lowest BCUT2D eigenvalue weighted by Crippen LogP contribution is -2.48. The highest BCUT2D eigenvalue weighted by molar-refractivity contribution is 7.91. The van der Waals surface area contributed by atoms with Crippen LogP contribution in [0.4, 0.5) is 0 Å². The highest BCUT2D eigenvalue weighted by Gasteiger charge is 2.23. The number of hydrogen-bond acceptors (Lipinski definition) is 6. The van der Waals surface area contributed by atoms with Gasteiger partial charge >= 0.3 is 0 Å². The van der Waals surface area contributed by atoms with Crippen LogP contribution in [0.5, 0.6) is 0 Å². The van der Waals surface area contributed by atoms with Crippen LogP contribution >= 0.6 is 11.3 Å². The normalized spacial score (nSPS) is 16.7. The van der Waals surface area contributed by atoms with Crippen LogP contribution in [0, 0.1) is 0 Å². The number of rotatable bonds is 10. The maximum Gasteiger partial charge on any atom is 0.252 e. The molecule has 0 amide bonds. The van der Waals surface area contributed by atoms with Crippen molar-refractivity contribution in [2.75, 3.05) is 60.6 Å². The van der Waals surface area contributed by atoms with E-state index in [4.69, 9.17) is 9.47 Å². The lowest BCUT2D eigenvalue weighted by molar-refractivity contribution is 0.00991. The average molecular weight is 433 g/mol. The summed E-state index contributed by atoms with van der Waals surface area (Å²) in [5.41, 5.74) is 0. The number of thiophene rings is 1. The molecule has 1 aromatic rings. The SMILES string of the molecule is CN=C(NCCN(C)S(=O)(=O)c1cccs1)N1CCC(OCCCOC)CC1. The van der Waals surface area contributed by atoms with E-state index in [-0.39, 0.29) is 6.10 Å². The number of nitrogens with one attached hydrogen (secondary N) is 1. The van der Waals surface area contributed by atoms with Gasteiger partial charge in [-0.15, -0.1) is 11.3 Å². The smallest absolute Gasteiger partial charge is 0.252 e. The van der Waals surface area contributed by atoms with Crippen LogP contribution in [-0.2, 0) is 19.5 Å². The lowest BCUT2D eigenvalue weighted by atomic mass is 10.1. The zero-order valence-electron chi connectivity index (χ0n) is 17.0. The maximum absolute atomic E-state index is 12.4. The van der Waals surface area contributed by atoms with Gasteiger partial charge in [0.05, 0.1) is 6.10 Å². The average Bonchev–Trinajstić information content (AvgIpc) is 3.25. The first-order chi connectivity index (χ1) is 13.5. The van der Waals surface area contributed by atoms with Crippen molar-refractivity contribution >= 4 is 27.3 Å². The summed E-state index contributed by atoms with van der Waals surface area (Å²) in [6, 6.07) is 3.38. The summed E-state index contributed by atoms with van der Waals surface area (Å²) in [5, 5.41) is 5.05. The predicted molar refractivity (Wildman–Crippen MR) is 113 cm³/mol. The van der Waals surface area contributed by atoms with Crippen LogP contribution in [0.3, 0.4) is 0 Å². The van der Waals surface area contributed by atoms with Gasteiger partial charge in [-0.3, -0.25) is 4.99 Å². The first-order valence-electron chi connectivity index (χ1n) is 9.55. The van der Waals surface area contributed by atoms with Crippen molar-refractivity contribution in [2.45, 2.75) is 29.6 Å². The molecule has 0 unspecified atom stereocenters. The van der Waals surface area contributed by atoms with Gasteiger partial charge in [0.2, 0.25) is 0 Å². The number of ether oxygens (including phenoxy) is 2. The molecule has 8 nitrogen and oxygen atoms in total. The van der Waals surface area contributed by atoms with Gasteiger partial charge in [0.1, 0.15) is 4.21 Å². The molecule has 0 aromatic carbocycles. The van der Waals surface area contributed by atoms with Gasteiger partial charge in [0.15, 0.2) is 5.96 Å². The van der Waals surface area contributed by atoms with Gasteiger partial charge in [0, 0.05) is 60.6 Å². The Morgan fingerprint density at radius 3 is 2.75 bits per heavy atom. The number of sulfonamides is 1. The van der Waals surface area contributed by atoms with E-state index in [0.29, 0.717) is 17.3 Å². The fraction of sp³-hybridized carbons (Fsp3) is 0.722. The molecule has 1 fully saturated rings. The topological polar surface area (TPSA) is 83.5 Å². The summed E-state index contributed by atoms with van der Waals surface area (Å²) in [4.78, 5) is 6.54. The molecular formula is C18H32N4O4S2. The van der Waals surface area contributed by atoms with Gasteiger partial charge in [0.25, 0.3) is 10.0 Å². The summed E-state index contributed by atoms with van der Waals surface area (Å²) >= 11 is 1.23. The minimum Gasteiger partial charge on any atom is -0.385 e. The first kappa shape index (κ1) is 23.1. The number of likely N-dealkylation sites (tertiary alicyclic amines) is 1. The summed E-state index contributed by atoms with van der Waals surface area (Å²) in [6.45, 7) is 4.08. The summed E-state index contributed by atoms with van der Waals surface area (Å²) in [7, 11) is 1.64. The Morgan fingerprint density at radius 2 is 2.14 bits per heavy atom. The van der Waals surface area contributed by atoms with Gasteiger partial charge in [-0.1, -0.05) is 6.07 Å². The second-order valence-corrected chi connectivity index (χ2v) is 9.86. The number of methoxy groups -OCH3 is 1. The molecule has 1 aromatic heterocycles. The fourth-order valence-corrected chi connectivity index (χ4v) is 5.40. The van der Waals surface area contributed by atoms with E-state index in [1.54, 1.807) is 38.7 Å². The third-order valence-electron chi connectivity index (χ3n) is 4.67. The Balaban J connectivity index is 1.72. The Kier molecular flexibility index (Phi) is 9.66. The Labute approximate surface area is 172 Å². The summed E-state index contributed by atoms with van der Waals surface area (Å²) in [5.74, 6) is 0.805. The molecule has 0 aliphatic carbocycles. The molecule has 0 atom stereocenters. The largest absolute Gasteiger partial charge is 0.385 e.